The number of aliphatic hydroxyl groups is 1. The molecule has 0 saturated heterocycles. The second kappa shape index (κ2) is 8.98. The molecule has 23 heavy (non-hydrogen) atoms. The van der Waals surface area contributed by atoms with Gasteiger partial charge >= 0.3 is 5.97 Å². The van der Waals surface area contributed by atoms with Gasteiger partial charge in [0.25, 0.3) is 8.18 Å². The zero-order chi connectivity index (χ0) is 17.6. The van der Waals surface area contributed by atoms with Crippen LogP contribution in [0.15, 0.2) is 6.20 Å². The Bertz CT molecular complexity index is 579. The third-order valence-electron chi connectivity index (χ3n) is 2.99. The topological polar surface area (TPSA) is 118 Å². The highest BCUT2D eigenvalue weighted by Gasteiger charge is 2.18. The number of carbonyl (C=O) groups is 1. The highest BCUT2D eigenvalue weighted by molar-refractivity contribution is 7.36. The SMILES string of the molecule is Cc1ncc(CO[PH](=O)N[C@@H](C)C(=O)OC(C)C)c(CO)c1O. The number of hydrogen-bond acceptors (Lipinski definition) is 7. The van der Waals surface area contributed by atoms with E-state index in [2.05, 4.69) is 10.1 Å². The number of aliphatic hydroxyl groups excluding tert-OH is 1. The summed E-state index contributed by atoms with van der Waals surface area (Å²) >= 11 is 0. The number of pyridine rings is 1. The Labute approximate surface area is 135 Å². The average molecular weight is 346 g/mol. The van der Waals surface area contributed by atoms with Gasteiger partial charge in [-0.3, -0.25) is 14.3 Å². The van der Waals surface area contributed by atoms with E-state index >= 15 is 0 Å². The molecule has 0 aliphatic heterocycles. The fourth-order valence-corrected chi connectivity index (χ4v) is 2.58. The molecule has 0 aliphatic carbocycles. The molecule has 1 aromatic heterocycles. The number of ether oxygens (including phenoxy) is 1. The number of aromatic nitrogens is 1. The molecule has 1 heterocycles. The van der Waals surface area contributed by atoms with E-state index in [0.717, 1.165) is 0 Å². The third kappa shape index (κ3) is 5.91. The van der Waals surface area contributed by atoms with Crippen molar-refractivity contribution in [3.8, 4) is 5.75 Å². The Balaban J connectivity index is 2.60. The van der Waals surface area contributed by atoms with Gasteiger partial charge in [0.05, 0.1) is 25.0 Å². The first-order valence-electron chi connectivity index (χ1n) is 7.17. The summed E-state index contributed by atoms with van der Waals surface area (Å²) in [6.07, 6.45) is 1.18. The molecule has 1 rings (SSSR count). The lowest BCUT2D eigenvalue weighted by atomic mass is 10.1. The van der Waals surface area contributed by atoms with E-state index in [1.165, 1.54) is 13.1 Å². The summed E-state index contributed by atoms with van der Waals surface area (Å²) in [7, 11) is -2.71. The first-order chi connectivity index (χ1) is 10.8. The van der Waals surface area contributed by atoms with Crippen LogP contribution in [0.25, 0.3) is 0 Å². The Morgan fingerprint density at radius 2 is 2.09 bits per heavy atom. The van der Waals surface area contributed by atoms with Crippen LogP contribution < -0.4 is 5.09 Å². The van der Waals surface area contributed by atoms with Crippen molar-refractivity contribution in [2.45, 2.75) is 53.1 Å². The molecule has 8 nitrogen and oxygen atoms in total. The molecule has 0 radical (unpaired) electrons. The van der Waals surface area contributed by atoms with Gasteiger partial charge in [0.1, 0.15) is 11.8 Å². The molecule has 0 aromatic carbocycles. The first kappa shape index (κ1) is 19.6. The maximum absolute atomic E-state index is 11.9. The monoisotopic (exact) mass is 346 g/mol. The summed E-state index contributed by atoms with van der Waals surface area (Å²) in [5, 5.41) is 21.6. The fraction of sp³-hybridized carbons (Fsp3) is 0.571. The largest absolute Gasteiger partial charge is 0.506 e. The van der Waals surface area contributed by atoms with Gasteiger partial charge in [-0.05, 0) is 27.7 Å². The summed E-state index contributed by atoms with van der Waals surface area (Å²) in [5.74, 6) is -0.636. The summed E-state index contributed by atoms with van der Waals surface area (Å²) in [5.41, 5.74) is 1.08. The number of hydrogen-bond donors (Lipinski definition) is 3. The minimum absolute atomic E-state index is 0.116. The van der Waals surface area contributed by atoms with Crippen LogP contribution in [0.1, 0.15) is 37.6 Å². The molecule has 2 atom stereocenters. The van der Waals surface area contributed by atoms with Gasteiger partial charge in [-0.1, -0.05) is 0 Å². The molecular weight excluding hydrogens is 323 g/mol. The van der Waals surface area contributed by atoms with Gasteiger partial charge in [0.15, 0.2) is 0 Å². The lowest BCUT2D eigenvalue weighted by Gasteiger charge is -2.16. The van der Waals surface area contributed by atoms with Gasteiger partial charge in [-0.25, -0.2) is 5.09 Å². The highest BCUT2D eigenvalue weighted by atomic mass is 31.1. The Hall–Kier alpha value is -1.47. The number of carbonyl (C=O) groups excluding carboxylic acids is 1. The summed E-state index contributed by atoms with van der Waals surface area (Å²) in [6.45, 7) is 6.06. The minimum Gasteiger partial charge on any atom is -0.506 e. The number of rotatable bonds is 8. The zero-order valence-electron chi connectivity index (χ0n) is 13.6. The van der Waals surface area contributed by atoms with Crippen LogP contribution in [0.3, 0.4) is 0 Å². The van der Waals surface area contributed by atoms with Gasteiger partial charge in [-0.15, -0.1) is 0 Å². The highest BCUT2D eigenvalue weighted by Crippen LogP contribution is 2.27. The number of esters is 1. The zero-order valence-corrected chi connectivity index (χ0v) is 14.6. The number of nitrogens with zero attached hydrogens (tertiary/aromatic N) is 1. The van der Waals surface area contributed by atoms with E-state index in [-0.39, 0.29) is 30.6 Å². The quantitative estimate of drug-likeness (QED) is 0.478. The van der Waals surface area contributed by atoms with Crippen molar-refractivity contribution in [3.63, 3.8) is 0 Å². The second-order valence-electron chi connectivity index (χ2n) is 5.28. The van der Waals surface area contributed by atoms with Crippen molar-refractivity contribution >= 4 is 14.1 Å². The average Bonchev–Trinajstić information content (AvgIpc) is 2.47. The Morgan fingerprint density at radius 3 is 2.65 bits per heavy atom. The molecule has 0 bridgehead atoms. The Kier molecular flexibility index (Phi) is 7.64. The van der Waals surface area contributed by atoms with Crippen molar-refractivity contribution < 1.29 is 28.8 Å². The molecule has 130 valence electrons. The van der Waals surface area contributed by atoms with Crippen LogP contribution in [0.2, 0.25) is 0 Å². The van der Waals surface area contributed by atoms with Crippen LogP contribution >= 0.6 is 8.18 Å². The van der Waals surface area contributed by atoms with Gasteiger partial charge in [0.2, 0.25) is 0 Å². The summed E-state index contributed by atoms with van der Waals surface area (Å²) < 4.78 is 22.0. The van der Waals surface area contributed by atoms with E-state index in [1.54, 1.807) is 20.8 Å². The van der Waals surface area contributed by atoms with Crippen molar-refractivity contribution in [1.29, 1.82) is 0 Å². The maximum atomic E-state index is 11.9. The number of aryl methyl sites for hydroxylation is 1. The van der Waals surface area contributed by atoms with Crippen molar-refractivity contribution in [2.24, 2.45) is 0 Å². The number of aromatic hydroxyl groups is 1. The summed E-state index contributed by atoms with van der Waals surface area (Å²) in [6, 6.07) is -0.773. The first-order valence-corrected chi connectivity index (χ1v) is 8.48. The van der Waals surface area contributed by atoms with Gasteiger partial charge < -0.3 is 19.5 Å². The molecule has 0 saturated carbocycles. The van der Waals surface area contributed by atoms with Gasteiger partial charge in [-0.2, -0.15) is 0 Å². The van der Waals surface area contributed by atoms with Crippen molar-refractivity contribution in [1.82, 2.24) is 10.1 Å². The molecule has 9 heteroatoms. The Morgan fingerprint density at radius 1 is 1.43 bits per heavy atom. The molecular formula is C14H23N2O6P. The fourth-order valence-electron chi connectivity index (χ4n) is 1.74. The van der Waals surface area contributed by atoms with Crippen molar-refractivity contribution in [2.75, 3.05) is 0 Å². The normalized spacial score (nSPS) is 13.8. The standard InChI is InChI=1S/C14H23N2O6P/c1-8(2)22-14(19)10(4)16-23(20)21-7-11-5-15-9(3)13(18)12(11)6-17/h5,8,10,17-18,23H,6-7H2,1-4H3,(H,16,20)/t10-/m0/s1. The predicted octanol–water partition coefficient (Wildman–Crippen LogP) is 1.42. The van der Waals surface area contributed by atoms with Crippen LogP contribution in [-0.2, 0) is 31.8 Å². The number of nitrogens with one attached hydrogen (secondary N) is 1. The van der Waals surface area contributed by atoms with Gasteiger partial charge in [0, 0.05) is 17.3 Å². The van der Waals surface area contributed by atoms with Crippen LogP contribution in [0.5, 0.6) is 5.75 Å². The van der Waals surface area contributed by atoms with E-state index in [0.29, 0.717) is 11.3 Å². The van der Waals surface area contributed by atoms with Crippen LogP contribution in [0.4, 0.5) is 0 Å². The van der Waals surface area contributed by atoms with Crippen LogP contribution in [0, 0.1) is 6.92 Å². The molecule has 0 aliphatic rings. The van der Waals surface area contributed by atoms with E-state index in [1.807, 2.05) is 0 Å². The van der Waals surface area contributed by atoms with Crippen LogP contribution in [-0.4, -0.2) is 33.3 Å². The maximum Gasteiger partial charge on any atom is 0.323 e. The second-order valence-corrected chi connectivity index (χ2v) is 6.43. The van der Waals surface area contributed by atoms with E-state index in [4.69, 9.17) is 9.26 Å². The van der Waals surface area contributed by atoms with E-state index in [9.17, 15) is 19.6 Å². The van der Waals surface area contributed by atoms with Crippen molar-refractivity contribution in [3.05, 3.63) is 23.0 Å². The molecule has 0 fully saturated rings. The molecule has 0 spiro atoms. The lowest BCUT2D eigenvalue weighted by Crippen LogP contribution is -2.32. The molecule has 0 amide bonds. The summed E-state index contributed by atoms with van der Waals surface area (Å²) in [4.78, 5) is 15.6. The smallest absolute Gasteiger partial charge is 0.323 e. The lowest BCUT2D eigenvalue weighted by molar-refractivity contribution is -0.149. The third-order valence-corrected chi connectivity index (χ3v) is 4.06. The van der Waals surface area contributed by atoms with E-state index < -0.39 is 20.2 Å². The minimum atomic E-state index is -2.71. The predicted molar refractivity (Wildman–Crippen MR) is 84.2 cm³/mol. The molecule has 3 N–H and O–H groups in total. The molecule has 1 aromatic rings. The molecule has 1 unspecified atom stereocenters.